The smallest absolute Gasteiger partial charge is 0.306 e. The summed E-state index contributed by atoms with van der Waals surface area (Å²) in [5, 5.41) is 16.6. The molecule has 0 unspecified atom stereocenters. The molecule has 0 radical (unpaired) electrons. The molecule has 3 N–H and O–H groups in total. The molecule has 1 saturated carbocycles. The van der Waals surface area contributed by atoms with E-state index >= 15 is 0 Å². The number of carbonyl (C=O) groups is 2. The Balaban J connectivity index is 1.46. The van der Waals surface area contributed by atoms with E-state index in [1.165, 1.54) is 28.3 Å². The van der Waals surface area contributed by atoms with Gasteiger partial charge >= 0.3 is 5.97 Å². The van der Waals surface area contributed by atoms with Crippen LogP contribution in [0.15, 0.2) is 17.2 Å². The fourth-order valence-corrected chi connectivity index (χ4v) is 7.02. The van der Waals surface area contributed by atoms with E-state index in [-0.39, 0.29) is 27.9 Å². The van der Waals surface area contributed by atoms with Gasteiger partial charge in [0.15, 0.2) is 0 Å². The first-order valence-electron chi connectivity index (χ1n) is 10.9. The Morgan fingerprint density at radius 2 is 2.09 bits per heavy atom. The minimum Gasteiger partial charge on any atom is -0.481 e. The number of aryl methyl sites for hydroxylation is 1. The number of hydrogen-bond donors (Lipinski definition) is 3. The standard InChI is InChI=1S/C22H20ClN5O4S/c23-12-8-13(20(30)28-16(12)18(29)27-22(28)5-1-2-6-22)26-17-15-11-4-3-10(21(31)32)7-14(11)33-19(15)25-9-24-17/h8-10H,1-7H2,(H,27,29)(H,31,32)(H,24,25,26)/t10-/m0/s1. The number of hydrogen-bond acceptors (Lipinski definition) is 7. The summed E-state index contributed by atoms with van der Waals surface area (Å²) in [5.41, 5.74) is 0.433. The summed E-state index contributed by atoms with van der Waals surface area (Å²) in [6, 6.07) is 1.48. The van der Waals surface area contributed by atoms with Crippen molar-refractivity contribution in [2.24, 2.45) is 5.92 Å². The number of carbonyl (C=O) groups excluding carboxylic acids is 1. The predicted octanol–water partition coefficient (Wildman–Crippen LogP) is 3.41. The van der Waals surface area contributed by atoms with Crippen LogP contribution < -0.4 is 16.2 Å². The molecule has 3 aromatic heterocycles. The number of pyridine rings is 1. The Kier molecular flexibility index (Phi) is 4.54. The number of rotatable bonds is 3. The number of aromatic nitrogens is 3. The van der Waals surface area contributed by atoms with E-state index in [0.29, 0.717) is 37.9 Å². The summed E-state index contributed by atoms with van der Waals surface area (Å²) in [4.78, 5) is 48.1. The molecular formula is C22H20ClN5O4S. The average molecular weight is 486 g/mol. The van der Waals surface area contributed by atoms with Crippen LogP contribution in [0.25, 0.3) is 10.2 Å². The van der Waals surface area contributed by atoms with Crippen LogP contribution in [0.2, 0.25) is 5.02 Å². The van der Waals surface area contributed by atoms with E-state index in [2.05, 4.69) is 20.6 Å². The molecule has 3 aliphatic rings. The van der Waals surface area contributed by atoms with Gasteiger partial charge in [-0.05, 0) is 56.6 Å². The Morgan fingerprint density at radius 3 is 2.85 bits per heavy atom. The number of thiophene rings is 1. The maximum Gasteiger partial charge on any atom is 0.306 e. The molecule has 170 valence electrons. The van der Waals surface area contributed by atoms with Gasteiger partial charge in [-0.25, -0.2) is 9.97 Å². The van der Waals surface area contributed by atoms with Crippen molar-refractivity contribution in [1.29, 1.82) is 0 Å². The predicted molar refractivity (Wildman–Crippen MR) is 123 cm³/mol. The van der Waals surface area contributed by atoms with Crippen molar-refractivity contribution in [2.45, 2.75) is 50.6 Å². The largest absolute Gasteiger partial charge is 0.481 e. The highest BCUT2D eigenvalue weighted by molar-refractivity contribution is 7.19. The molecule has 1 spiro atoms. The summed E-state index contributed by atoms with van der Waals surface area (Å²) in [6.07, 6.45) is 6.27. The van der Waals surface area contributed by atoms with E-state index in [1.807, 2.05) is 0 Å². The van der Waals surface area contributed by atoms with E-state index in [9.17, 15) is 19.5 Å². The molecule has 3 aromatic rings. The molecular weight excluding hydrogens is 466 g/mol. The van der Waals surface area contributed by atoms with Crippen LogP contribution in [-0.4, -0.2) is 31.5 Å². The number of nitrogens with one attached hydrogen (secondary N) is 2. The Hall–Kier alpha value is -2.98. The van der Waals surface area contributed by atoms with Crippen molar-refractivity contribution in [3.8, 4) is 0 Å². The third-order valence-electron chi connectivity index (χ3n) is 7.02. The minimum atomic E-state index is -0.785. The second-order valence-electron chi connectivity index (χ2n) is 8.90. The van der Waals surface area contributed by atoms with Gasteiger partial charge in [-0.3, -0.25) is 19.0 Å². The molecule has 11 heteroatoms. The zero-order chi connectivity index (χ0) is 22.9. The van der Waals surface area contributed by atoms with Crippen LogP contribution >= 0.6 is 22.9 Å². The minimum absolute atomic E-state index is 0.203. The van der Waals surface area contributed by atoms with Crippen molar-refractivity contribution >= 4 is 56.5 Å². The third-order valence-corrected chi connectivity index (χ3v) is 8.47. The van der Waals surface area contributed by atoms with Gasteiger partial charge in [0.2, 0.25) is 0 Å². The van der Waals surface area contributed by atoms with Crippen LogP contribution in [0.4, 0.5) is 11.5 Å². The first kappa shape index (κ1) is 20.6. The second-order valence-corrected chi connectivity index (χ2v) is 10.4. The quantitative estimate of drug-likeness (QED) is 0.519. The zero-order valence-corrected chi connectivity index (χ0v) is 19.1. The summed E-state index contributed by atoms with van der Waals surface area (Å²) in [5.74, 6) is -1.03. The number of anilines is 2. The molecule has 0 bridgehead atoms. The number of amides is 1. The summed E-state index contributed by atoms with van der Waals surface area (Å²) in [7, 11) is 0. The third kappa shape index (κ3) is 3.00. The van der Waals surface area contributed by atoms with Crippen LogP contribution in [0.3, 0.4) is 0 Å². The number of fused-ring (bicyclic) bond motifs is 5. The topological polar surface area (TPSA) is 126 Å². The van der Waals surface area contributed by atoms with Gasteiger partial charge in [0, 0.05) is 4.88 Å². The average Bonchev–Trinajstić information content (AvgIpc) is 3.47. The molecule has 1 fully saturated rings. The fraction of sp³-hybridized carbons (Fsp3) is 0.409. The molecule has 4 heterocycles. The normalized spacial score (nSPS) is 20.6. The maximum atomic E-state index is 13.5. The molecule has 33 heavy (non-hydrogen) atoms. The number of halogens is 1. The van der Waals surface area contributed by atoms with Gasteiger partial charge in [-0.2, -0.15) is 0 Å². The lowest BCUT2D eigenvalue weighted by Crippen LogP contribution is -2.45. The lowest BCUT2D eigenvalue weighted by molar-refractivity contribution is -0.142. The number of aliphatic carboxylic acids is 1. The van der Waals surface area contributed by atoms with Crippen LogP contribution in [0, 0.1) is 5.92 Å². The van der Waals surface area contributed by atoms with E-state index in [1.54, 1.807) is 0 Å². The molecule has 1 atom stereocenters. The number of carboxylic acids is 1. The van der Waals surface area contributed by atoms with Gasteiger partial charge in [-0.1, -0.05) is 11.6 Å². The Bertz CT molecular complexity index is 1410. The van der Waals surface area contributed by atoms with Gasteiger partial charge in [0.1, 0.15) is 34.0 Å². The first-order valence-corrected chi connectivity index (χ1v) is 12.1. The van der Waals surface area contributed by atoms with Gasteiger partial charge < -0.3 is 15.7 Å². The van der Waals surface area contributed by atoms with Crippen LogP contribution in [-0.2, 0) is 23.3 Å². The van der Waals surface area contributed by atoms with Crippen molar-refractivity contribution < 1.29 is 14.7 Å². The Labute approximate surface area is 196 Å². The number of carboxylic acid groups (broad SMARTS) is 1. The van der Waals surface area contributed by atoms with Crippen molar-refractivity contribution in [3.05, 3.63) is 43.9 Å². The summed E-state index contributed by atoms with van der Waals surface area (Å²) < 4.78 is 1.52. The van der Waals surface area contributed by atoms with E-state index < -0.39 is 17.6 Å². The monoisotopic (exact) mass is 485 g/mol. The van der Waals surface area contributed by atoms with Crippen molar-refractivity contribution in [1.82, 2.24) is 19.9 Å². The van der Waals surface area contributed by atoms with Gasteiger partial charge in [0.25, 0.3) is 11.5 Å². The van der Waals surface area contributed by atoms with Crippen molar-refractivity contribution in [3.63, 3.8) is 0 Å². The van der Waals surface area contributed by atoms with E-state index in [0.717, 1.165) is 33.5 Å². The highest BCUT2D eigenvalue weighted by Crippen LogP contribution is 2.42. The first-order chi connectivity index (χ1) is 15.9. The SMILES string of the molecule is O=C1NC2(CCCC2)n2c1c(Cl)cc(Nc1ncnc3sc4c(c13)CC[C@H](C(=O)O)C4)c2=O. The van der Waals surface area contributed by atoms with Gasteiger partial charge in [-0.15, -0.1) is 11.3 Å². The lowest BCUT2D eigenvalue weighted by atomic mass is 9.88. The molecule has 1 aliphatic heterocycles. The second kappa shape index (κ2) is 7.26. The van der Waals surface area contributed by atoms with Crippen molar-refractivity contribution in [2.75, 3.05) is 5.32 Å². The molecule has 0 saturated heterocycles. The fourth-order valence-electron chi connectivity index (χ4n) is 5.47. The number of nitrogens with zero attached hydrogens (tertiary/aromatic N) is 3. The molecule has 9 nitrogen and oxygen atoms in total. The Morgan fingerprint density at radius 1 is 1.30 bits per heavy atom. The highest BCUT2D eigenvalue weighted by atomic mass is 35.5. The van der Waals surface area contributed by atoms with Crippen LogP contribution in [0.1, 0.15) is 53.0 Å². The van der Waals surface area contributed by atoms with E-state index in [4.69, 9.17) is 11.6 Å². The molecule has 6 rings (SSSR count). The highest BCUT2D eigenvalue weighted by Gasteiger charge is 2.46. The molecule has 1 amide bonds. The molecule has 2 aliphatic carbocycles. The maximum absolute atomic E-state index is 13.5. The molecule has 0 aromatic carbocycles. The summed E-state index contributed by atoms with van der Waals surface area (Å²) >= 11 is 7.95. The summed E-state index contributed by atoms with van der Waals surface area (Å²) in [6.45, 7) is 0. The van der Waals surface area contributed by atoms with Gasteiger partial charge in [0.05, 0.1) is 16.3 Å². The lowest BCUT2D eigenvalue weighted by Gasteiger charge is -2.26. The zero-order valence-electron chi connectivity index (χ0n) is 17.5. The van der Waals surface area contributed by atoms with Crippen LogP contribution in [0.5, 0.6) is 0 Å².